The number of nitrogens with one attached hydrogen (secondary N) is 1. The van der Waals surface area contributed by atoms with E-state index in [-0.39, 0.29) is 6.03 Å². The van der Waals surface area contributed by atoms with E-state index in [1.54, 1.807) is 26.2 Å². The van der Waals surface area contributed by atoms with Crippen LogP contribution in [0.1, 0.15) is 0 Å². The van der Waals surface area contributed by atoms with Gasteiger partial charge >= 0.3 is 6.03 Å². The molecule has 33 heavy (non-hydrogen) atoms. The quantitative estimate of drug-likeness (QED) is 0.616. The predicted molar refractivity (Wildman–Crippen MR) is 126 cm³/mol. The Kier molecular flexibility index (Phi) is 6.77. The van der Waals surface area contributed by atoms with Gasteiger partial charge in [0.15, 0.2) is 17.3 Å². The highest BCUT2D eigenvalue weighted by Gasteiger charge is 2.22. The summed E-state index contributed by atoms with van der Waals surface area (Å²) in [6.07, 6.45) is 0. The number of carbonyl (C=O) groups excluding carboxylic acids is 1. The zero-order valence-corrected chi connectivity index (χ0v) is 18.9. The molecule has 4 rings (SSSR count). The van der Waals surface area contributed by atoms with Gasteiger partial charge in [0.1, 0.15) is 0 Å². The van der Waals surface area contributed by atoms with E-state index in [1.165, 1.54) is 0 Å². The fourth-order valence-corrected chi connectivity index (χ4v) is 3.74. The lowest BCUT2D eigenvalue weighted by atomic mass is 10.1. The summed E-state index contributed by atoms with van der Waals surface area (Å²) in [6.45, 7) is 2.57. The van der Waals surface area contributed by atoms with Crippen molar-refractivity contribution < 1.29 is 19.0 Å². The van der Waals surface area contributed by atoms with Crippen molar-refractivity contribution in [3.8, 4) is 28.5 Å². The van der Waals surface area contributed by atoms with Crippen molar-refractivity contribution in [3.05, 3.63) is 54.6 Å². The molecule has 3 aromatic rings. The molecule has 172 valence electrons. The molecule has 2 amide bonds. The van der Waals surface area contributed by atoms with Crippen LogP contribution in [-0.4, -0.2) is 68.6 Å². The number of urea groups is 1. The summed E-state index contributed by atoms with van der Waals surface area (Å²) in [7, 11) is 4.73. The van der Waals surface area contributed by atoms with E-state index in [1.807, 2.05) is 54.6 Å². The van der Waals surface area contributed by atoms with Gasteiger partial charge in [0, 0.05) is 37.4 Å². The molecule has 2 aromatic carbocycles. The van der Waals surface area contributed by atoms with Crippen LogP contribution < -0.4 is 24.4 Å². The van der Waals surface area contributed by atoms with Gasteiger partial charge in [0.05, 0.1) is 27.0 Å². The van der Waals surface area contributed by atoms with Crippen molar-refractivity contribution in [2.45, 2.75) is 0 Å². The molecule has 0 atom stereocenters. The van der Waals surface area contributed by atoms with Gasteiger partial charge in [-0.05, 0) is 36.4 Å². The summed E-state index contributed by atoms with van der Waals surface area (Å²) in [5.41, 5.74) is 2.29. The number of anilines is 2. The maximum absolute atomic E-state index is 12.5. The molecule has 1 aliphatic rings. The lowest BCUT2D eigenvalue weighted by Gasteiger charge is -2.35. The van der Waals surface area contributed by atoms with Gasteiger partial charge in [-0.2, -0.15) is 0 Å². The number of ether oxygens (including phenoxy) is 3. The second-order valence-corrected chi connectivity index (χ2v) is 7.46. The van der Waals surface area contributed by atoms with Crippen molar-refractivity contribution in [3.63, 3.8) is 0 Å². The normalized spacial score (nSPS) is 13.4. The smallest absolute Gasteiger partial charge is 0.321 e. The lowest BCUT2D eigenvalue weighted by molar-refractivity contribution is 0.208. The van der Waals surface area contributed by atoms with E-state index >= 15 is 0 Å². The molecule has 0 saturated carbocycles. The lowest BCUT2D eigenvalue weighted by Crippen LogP contribution is -2.50. The van der Waals surface area contributed by atoms with Gasteiger partial charge in [-0.1, -0.05) is 18.2 Å². The Morgan fingerprint density at radius 2 is 1.52 bits per heavy atom. The van der Waals surface area contributed by atoms with Crippen LogP contribution in [-0.2, 0) is 0 Å². The fourth-order valence-electron chi connectivity index (χ4n) is 3.74. The maximum atomic E-state index is 12.5. The fraction of sp³-hybridized carbons (Fsp3) is 0.292. The number of hydrogen-bond acceptors (Lipinski definition) is 7. The van der Waals surface area contributed by atoms with Gasteiger partial charge in [0.2, 0.25) is 5.75 Å². The number of rotatable bonds is 6. The largest absolute Gasteiger partial charge is 0.493 e. The Morgan fingerprint density at radius 3 is 2.06 bits per heavy atom. The number of benzene rings is 2. The first-order valence-electron chi connectivity index (χ1n) is 10.6. The average molecular weight is 450 g/mol. The summed E-state index contributed by atoms with van der Waals surface area (Å²) in [6, 6.07) is 16.9. The van der Waals surface area contributed by atoms with Crippen LogP contribution in [0.2, 0.25) is 0 Å². The number of hydrogen-bond donors (Lipinski definition) is 1. The molecular formula is C24H27N5O4. The molecule has 0 unspecified atom stereocenters. The summed E-state index contributed by atoms with van der Waals surface area (Å²) >= 11 is 0. The minimum absolute atomic E-state index is 0.0929. The number of para-hydroxylation sites is 1. The van der Waals surface area contributed by atoms with Gasteiger partial charge in [-0.15, -0.1) is 10.2 Å². The monoisotopic (exact) mass is 449 g/mol. The van der Waals surface area contributed by atoms with E-state index in [0.717, 1.165) is 17.1 Å². The Labute approximate surface area is 192 Å². The van der Waals surface area contributed by atoms with Crippen LogP contribution >= 0.6 is 0 Å². The van der Waals surface area contributed by atoms with Gasteiger partial charge in [-0.3, -0.25) is 0 Å². The second-order valence-electron chi connectivity index (χ2n) is 7.46. The summed E-state index contributed by atoms with van der Waals surface area (Å²) in [5, 5.41) is 11.7. The Hall–Kier alpha value is -4.01. The topological polar surface area (TPSA) is 89.1 Å². The molecular weight excluding hydrogens is 422 g/mol. The molecule has 9 heteroatoms. The molecule has 1 saturated heterocycles. The zero-order valence-electron chi connectivity index (χ0n) is 18.9. The van der Waals surface area contributed by atoms with Crippen molar-refractivity contribution >= 4 is 17.5 Å². The van der Waals surface area contributed by atoms with Crippen molar-refractivity contribution in [1.82, 2.24) is 15.1 Å². The number of amides is 2. The van der Waals surface area contributed by atoms with E-state index in [0.29, 0.717) is 49.1 Å². The summed E-state index contributed by atoms with van der Waals surface area (Å²) in [5.74, 6) is 2.42. The van der Waals surface area contributed by atoms with E-state index in [4.69, 9.17) is 14.2 Å². The second kappa shape index (κ2) is 10.1. The van der Waals surface area contributed by atoms with Crippen LogP contribution in [0, 0.1) is 0 Å². The van der Waals surface area contributed by atoms with Crippen LogP contribution in [0.4, 0.5) is 16.3 Å². The molecule has 1 N–H and O–H groups in total. The Bertz CT molecular complexity index is 1060. The van der Waals surface area contributed by atoms with Crippen molar-refractivity contribution in [2.24, 2.45) is 0 Å². The first-order valence-corrected chi connectivity index (χ1v) is 10.6. The van der Waals surface area contributed by atoms with E-state index < -0.39 is 0 Å². The number of carbonyl (C=O) groups is 1. The molecule has 9 nitrogen and oxygen atoms in total. The first kappa shape index (κ1) is 22.2. The highest BCUT2D eigenvalue weighted by atomic mass is 16.5. The number of piperazine rings is 1. The molecule has 0 aliphatic carbocycles. The van der Waals surface area contributed by atoms with E-state index in [9.17, 15) is 4.79 Å². The maximum Gasteiger partial charge on any atom is 0.321 e. The molecule has 0 radical (unpaired) electrons. The minimum Gasteiger partial charge on any atom is -0.493 e. The van der Waals surface area contributed by atoms with Crippen LogP contribution in [0.15, 0.2) is 54.6 Å². The Balaban J connectivity index is 1.41. The number of aromatic nitrogens is 2. The van der Waals surface area contributed by atoms with E-state index in [2.05, 4.69) is 20.4 Å². The highest BCUT2D eigenvalue weighted by Crippen LogP contribution is 2.40. The van der Waals surface area contributed by atoms with Crippen LogP contribution in [0.25, 0.3) is 11.3 Å². The third kappa shape index (κ3) is 4.92. The standard InChI is InChI=1S/C24H27N5O4/c1-31-20-15-17(16-21(32-2)23(20)33-3)19-9-10-22(27-26-19)28-11-13-29(14-12-28)24(30)25-18-7-5-4-6-8-18/h4-10,15-16H,11-14H2,1-3H3,(H,25,30). The van der Waals surface area contributed by atoms with Gasteiger partial charge in [-0.25, -0.2) is 4.79 Å². The third-order valence-electron chi connectivity index (χ3n) is 5.53. The molecule has 1 aliphatic heterocycles. The minimum atomic E-state index is -0.0929. The Morgan fingerprint density at radius 1 is 0.848 bits per heavy atom. The summed E-state index contributed by atoms with van der Waals surface area (Å²) < 4.78 is 16.2. The van der Waals surface area contributed by atoms with Crippen LogP contribution in [0.5, 0.6) is 17.2 Å². The molecule has 1 aromatic heterocycles. The van der Waals surface area contributed by atoms with Crippen LogP contribution in [0.3, 0.4) is 0 Å². The van der Waals surface area contributed by atoms with Crippen molar-refractivity contribution in [1.29, 1.82) is 0 Å². The summed E-state index contributed by atoms with van der Waals surface area (Å²) in [4.78, 5) is 16.4. The molecule has 0 bridgehead atoms. The first-order chi connectivity index (χ1) is 16.1. The van der Waals surface area contributed by atoms with Gasteiger partial charge < -0.3 is 29.3 Å². The van der Waals surface area contributed by atoms with Crippen molar-refractivity contribution in [2.75, 3.05) is 57.7 Å². The predicted octanol–water partition coefficient (Wildman–Crippen LogP) is 3.52. The van der Waals surface area contributed by atoms with Gasteiger partial charge in [0.25, 0.3) is 0 Å². The molecule has 2 heterocycles. The number of nitrogens with zero attached hydrogens (tertiary/aromatic N) is 4. The SMILES string of the molecule is COc1cc(-c2ccc(N3CCN(C(=O)Nc4ccccc4)CC3)nn2)cc(OC)c1OC. The third-order valence-corrected chi connectivity index (χ3v) is 5.53. The zero-order chi connectivity index (χ0) is 23.2. The molecule has 1 fully saturated rings. The highest BCUT2D eigenvalue weighted by molar-refractivity contribution is 5.89. The number of methoxy groups -OCH3 is 3. The molecule has 0 spiro atoms. The average Bonchev–Trinajstić information content (AvgIpc) is 2.88.